The van der Waals surface area contributed by atoms with Crippen molar-refractivity contribution in [2.75, 3.05) is 12.8 Å². The fourth-order valence-corrected chi connectivity index (χ4v) is 3.04. The maximum Gasteiger partial charge on any atom is 0.229 e. The summed E-state index contributed by atoms with van der Waals surface area (Å²) in [5.74, 6) is 0.827. The van der Waals surface area contributed by atoms with E-state index in [1.807, 2.05) is 26.2 Å². The molecule has 2 atom stereocenters. The summed E-state index contributed by atoms with van der Waals surface area (Å²) in [5, 5.41) is 3.25. The van der Waals surface area contributed by atoms with Crippen molar-refractivity contribution in [2.45, 2.75) is 31.3 Å². The van der Waals surface area contributed by atoms with E-state index >= 15 is 0 Å². The minimum Gasteiger partial charge on any atom is -0.473 e. The Morgan fingerprint density at radius 3 is 2.76 bits per heavy atom. The second-order valence-corrected chi connectivity index (χ2v) is 5.90. The number of terminal acetylenes is 1. The SMILES string of the molecule is C#C.CSc1c(C)cc(Cl)nc1O[C@H](C)[C@H]1CNC(=O)C1. The molecule has 2 rings (SSSR count). The number of amides is 1. The van der Waals surface area contributed by atoms with Gasteiger partial charge >= 0.3 is 0 Å². The topological polar surface area (TPSA) is 51.2 Å². The van der Waals surface area contributed by atoms with E-state index in [0.29, 0.717) is 24.0 Å². The van der Waals surface area contributed by atoms with Crippen LogP contribution in [0.15, 0.2) is 11.0 Å². The number of halogens is 1. The van der Waals surface area contributed by atoms with Gasteiger partial charge in [0.25, 0.3) is 0 Å². The molecule has 1 aromatic rings. The zero-order valence-corrected chi connectivity index (χ0v) is 13.9. The lowest BCUT2D eigenvalue weighted by molar-refractivity contribution is -0.119. The summed E-state index contributed by atoms with van der Waals surface area (Å²) in [6, 6.07) is 1.82. The number of carbonyl (C=O) groups excluding carboxylic acids is 1. The third-order valence-electron chi connectivity index (χ3n) is 3.27. The summed E-state index contributed by atoms with van der Waals surface area (Å²) < 4.78 is 5.92. The number of pyridine rings is 1. The van der Waals surface area contributed by atoms with Gasteiger partial charge in [-0.2, -0.15) is 0 Å². The van der Waals surface area contributed by atoms with Crippen LogP contribution in [-0.2, 0) is 4.79 Å². The van der Waals surface area contributed by atoms with Crippen LogP contribution in [0.2, 0.25) is 5.15 Å². The number of thioether (sulfide) groups is 1. The zero-order chi connectivity index (χ0) is 16.0. The molecule has 0 unspecified atom stereocenters. The number of ether oxygens (including phenoxy) is 1. The first-order chi connectivity index (χ1) is 10.0. The number of aryl methyl sites for hydroxylation is 1. The molecule has 1 aliphatic heterocycles. The van der Waals surface area contributed by atoms with E-state index in [0.717, 1.165) is 10.5 Å². The molecule has 1 aliphatic rings. The predicted molar refractivity (Wildman–Crippen MR) is 86.9 cm³/mol. The Bertz CT molecular complexity index is 534. The highest BCUT2D eigenvalue weighted by Gasteiger charge is 2.28. The largest absolute Gasteiger partial charge is 0.473 e. The molecule has 1 aromatic heterocycles. The summed E-state index contributed by atoms with van der Waals surface area (Å²) in [6.07, 6.45) is 10.4. The van der Waals surface area contributed by atoms with Crippen molar-refractivity contribution < 1.29 is 9.53 Å². The molecule has 1 amide bonds. The number of rotatable bonds is 4. The number of carbonyl (C=O) groups is 1. The molecule has 1 N–H and O–H groups in total. The fraction of sp³-hybridized carbons (Fsp3) is 0.467. The first-order valence-electron chi connectivity index (χ1n) is 6.49. The molecule has 2 heterocycles. The summed E-state index contributed by atoms with van der Waals surface area (Å²) >= 11 is 7.57. The van der Waals surface area contributed by atoms with Crippen molar-refractivity contribution >= 4 is 29.3 Å². The van der Waals surface area contributed by atoms with Crippen molar-refractivity contribution in [1.82, 2.24) is 10.3 Å². The Kier molecular flexibility index (Phi) is 6.86. The van der Waals surface area contributed by atoms with Crippen LogP contribution in [0, 0.1) is 25.7 Å². The van der Waals surface area contributed by atoms with E-state index in [9.17, 15) is 4.79 Å². The lowest BCUT2D eigenvalue weighted by Crippen LogP contribution is -2.26. The lowest BCUT2D eigenvalue weighted by atomic mass is 10.0. The lowest BCUT2D eigenvalue weighted by Gasteiger charge is -2.21. The standard InChI is InChI=1S/C13H17ClN2O2S.C2H2/c1-7-4-10(14)16-13(12(7)19-3)18-8(2)9-5-11(17)15-6-9;1-2/h4,8-9H,5-6H2,1-3H3,(H,15,17);1-2H/t8-,9-;/m1./s1. The molecule has 4 nitrogen and oxygen atoms in total. The number of nitrogens with one attached hydrogen (secondary N) is 1. The highest BCUT2D eigenvalue weighted by Crippen LogP contribution is 2.33. The van der Waals surface area contributed by atoms with Gasteiger partial charge in [-0.1, -0.05) is 11.6 Å². The molecule has 0 radical (unpaired) electrons. The zero-order valence-electron chi connectivity index (χ0n) is 12.4. The highest BCUT2D eigenvalue weighted by atomic mass is 35.5. The van der Waals surface area contributed by atoms with Crippen LogP contribution in [0.25, 0.3) is 0 Å². The van der Waals surface area contributed by atoms with Crippen molar-refractivity contribution in [3.05, 3.63) is 16.8 Å². The second-order valence-electron chi connectivity index (χ2n) is 4.69. The van der Waals surface area contributed by atoms with Crippen LogP contribution in [0.5, 0.6) is 5.88 Å². The molecule has 114 valence electrons. The second kappa shape index (κ2) is 8.16. The van der Waals surface area contributed by atoms with Crippen molar-refractivity contribution in [3.63, 3.8) is 0 Å². The van der Waals surface area contributed by atoms with Crippen LogP contribution in [-0.4, -0.2) is 29.8 Å². The molecule has 0 saturated carbocycles. The van der Waals surface area contributed by atoms with E-state index in [-0.39, 0.29) is 17.9 Å². The smallest absolute Gasteiger partial charge is 0.229 e. The van der Waals surface area contributed by atoms with Crippen molar-refractivity contribution in [2.24, 2.45) is 5.92 Å². The number of hydrogen-bond donors (Lipinski definition) is 1. The van der Waals surface area contributed by atoms with Crippen LogP contribution >= 0.6 is 23.4 Å². The van der Waals surface area contributed by atoms with Gasteiger partial charge in [0.2, 0.25) is 11.8 Å². The van der Waals surface area contributed by atoms with Crippen LogP contribution < -0.4 is 10.1 Å². The van der Waals surface area contributed by atoms with Crippen LogP contribution in [0.1, 0.15) is 18.9 Å². The van der Waals surface area contributed by atoms with Gasteiger partial charge < -0.3 is 10.1 Å². The van der Waals surface area contributed by atoms with E-state index in [1.165, 1.54) is 0 Å². The summed E-state index contributed by atoms with van der Waals surface area (Å²) in [5.41, 5.74) is 1.05. The van der Waals surface area contributed by atoms with E-state index in [2.05, 4.69) is 23.1 Å². The molecule has 0 aliphatic carbocycles. The van der Waals surface area contributed by atoms with Crippen LogP contribution in [0.3, 0.4) is 0 Å². The molecular formula is C15H19ClN2O2S. The first-order valence-corrected chi connectivity index (χ1v) is 8.09. The number of aromatic nitrogens is 1. The maximum atomic E-state index is 11.2. The summed E-state index contributed by atoms with van der Waals surface area (Å²) in [7, 11) is 0. The molecule has 0 spiro atoms. The Morgan fingerprint density at radius 1 is 1.57 bits per heavy atom. The number of hydrogen-bond acceptors (Lipinski definition) is 4. The summed E-state index contributed by atoms with van der Waals surface area (Å²) in [4.78, 5) is 16.5. The normalized spacial score (nSPS) is 18.4. The molecule has 0 bridgehead atoms. The average molecular weight is 327 g/mol. The maximum absolute atomic E-state index is 11.2. The number of nitrogens with zero attached hydrogens (tertiary/aromatic N) is 1. The molecule has 1 saturated heterocycles. The molecule has 6 heteroatoms. The molecule has 0 aromatic carbocycles. The quantitative estimate of drug-likeness (QED) is 0.525. The highest BCUT2D eigenvalue weighted by molar-refractivity contribution is 7.98. The molecule has 1 fully saturated rings. The minimum absolute atomic E-state index is 0.0739. The molecular weight excluding hydrogens is 308 g/mol. The van der Waals surface area contributed by atoms with Gasteiger partial charge in [0.05, 0.1) is 4.90 Å². The Labute approximate surface area is 135 Å². The predicted octanol–water partition coefficient (Wildman–Crippen LogP) is 2.92. The summed E-state index contributed by atoms with van der Waals surface area (Å²) in [6.45, 7) is 4.61. The first kappa shape index (κ1) is 17.7. The fourth-order valence-electron chi connectivity index (χ4n) is 2.15. The van der Waals surface area contributed by atoms with Gasteiger partial charge in [-0.3, -0.25) is 4.79 Å². The van der Waals surface area contributed by atoms with Gasteiger partial charge in [-0.05, 0) is 31.7 Å². The van der Waals surface area contributed by atoms with E-state index in [4.69, 9.17) is 16.3 Å². The van der Waals surface area contributed by atoms with E-state index < -0.39 is 0 Å². The Morgan fingerprint density at radius 2 is 2.24 bits per heavy atom. The van der Waals surface area contributed by atoms with Crippen molar-refractivity contribution in [3.8, 4) is 18.7 Å². The molecule has 21 heavy (non-hydrogen) atoms. The van der Waals surface area contributed by atoms with Gasteiger partial charge in [-0.15, -0.1) is 24.6 Å². The third kappa shape index (κ3) is 4.55. The Balaban J connectivity index is 0.00000106. The van der Waals surface area contributed by atoms with Gasteiger partial charge in [0.1, 0.15) is 11.3 Å². The van der Waals surface area contributed by atoms with Gasteiger partial charge in [-0.25, -0.2) is 4.98 Å². The van der Waals surface area contributed by atoms with Crippen molar-refractivity contribution in [1.29, 1.82) is 0 Å². The third-order valence-corrected chi connectivity index (χ3v) is 4.37. The van der Waals surface area contributed by atoms with Gasteiger partial charge in [0, 0.05) is 18.9 Å². The average Bonchev–Trinajstić information content (AvgIpc) is 2.87. The van der Waals surface area contributed by atoms with Crippen LogP contribution in [0.4, 0.5) is 0 Å². The monoisotopic (exact) mass is 326 g/mol. The van der Waals surface area contributed by atoms with E-state index in [1.54, 1.807) is 11.8 Å². The van der Waals surface area contributed by atoms with Gasteiger partial charge in [0.15, 0.2) is 0 Å². The minimum atomic E-state index is -0.0739. The Hall–Kier alpha value is -1.38.